The van der Waals surface area contributed by atoms with E-state index in [0.717, 1.165) is 11.4 Å². The molecule has 0 amide bonds. The van der Waals surface area contributed by atoms with Gasteiger partial charge in [-0.2, -0.15) is 0 Å². The van der Waals surface area contributed by atoms with Crippen molar-refractivity contribution in [2.24, 2.45) is 0 Å². The molecule has 0 bridgehead atoms. The molecule has 0 spiro atoms. The largest absolute Gasteiger partial charge is 0.430 e. The molecule has 0 saturated heterocycles. The maximum atomic E-state index is 5.65. The Morgan fingerprint density at radius 1 is 1.08 bits per heavy atom. The standard InChI is InChI=1S/C9H18N2OSi/c1-9(2,3)7-10-11-8(12-7)13(4,5)6/h1-6H3. The van der Waals surface area contributed by atoms with Crippen molar-refractivity contribution in [1.82, 2.24) is 10.2 Å². The van der Waals surface area contributed by atoms with Crippen molar-refractivity contribution in [3.63, 3.8) is 0 Å². The fourth-order valence-corrected chi connectivity index (χ4v) is 1.58. The predicted molar refractivity (Wildman–Crippen MR) is 56.0 cm³/mol. The smallest absolute Gasteiger partial charge is 0.221 e. The highest BCUT2D eigenvalue weighted by Crippen LogP contribution is 2.18. The van der Waals surface area contributed by atoms with Gasteiger partial charge in [0.05, 0.1) is 0 Å². The van der Waals surface area contributed by atoms with E-state index in [9.17, 15) is 0 Å². The first-order chi connectivity index (χ1) is 5.71. The average molecular weight is 198 g/mol. The summed E-state index contributed by atoms with van der Waals surface area (Å²) in [6.07, 6.45) is 0. The van der Waals surface area contributed by atoms with Crippen LogP contribution in [0, 0.1) is 0 Å². The lowest BCUT2D eigenvalue weighted by Crippen LogP contribution is -2.38. The maximum absolute atomic E-state index is 5.65. The van der Waals surface area contributed by atoms with Gasteiger partial charge in [0.15, 0.2) is 13.6 Å². The second kappa shape index (κ2) is 2.94. The third kappa shape index (κ3) is 2.40. The Bertz CT molecular complexity index is 265. The van der Waals surface area contributed by atoms with Crippen LogP contribution in [0.3, 0.4) is 0 Å². The monoisotopic (exact) mass is 198 g/mol. The first-order valence-corrected chi connectivity index (χ1v) is 8.06. The minimum atomic E-state index is -1.43. The summed E-state index contributed by atoms with van der Waals surface area (Å²) in [6.45, 7) is 12.8. The Balaban J connectivity index is 3.01. The molecule has 1 aromatic heterocycles. The van der Waals surface area contributed by atoms with E-state index in [1.165, 1.54) is 0 Å². The van der Waals surface area contributed by atoms with Crippen molar-refractivity contribution in [1.29, 1.82) is 0 Å². The van der Waals surface area contributed by atoms with Crippen LogP contribution in [0.25, 0.3) is 0 Å². The summed E-state index contributed by atoms with van der Waals surface area (Å²) in [6, 6.07) is 0. The van der Waals surface area contributed by atoms with E-state index in [0.29, 0.717) is 0 Å². The maximum Gasteiger partial charge on any atom is 0.221 e. The van der Waals surface area contributed by atoms with Crippen LogP contribution >= 0.6 is 0 Å². The van der Waals surface area contributed by atoms with Gasteiger partial charge in [-0.25, -0.2) is 0 Å². The van der Waals surface area contributed by atoms with E-state index in [2.05, 4.69) is 50.6 Å². The highest BCUT2D eigenvalue weighted by atomic mass is 28.3. The molecule has 0 aromatic carbocycles. The van der Waals surface area contributed by atoms with Crippen molar-refractivity contribution >= 4 is 13.6 Å². The van der Waals surface area contributed by atoms with E-state index >= 15 is 0 Å². The molecular weight excluding hydrogens is 180 g/mol. The SMILES string of the molecule is CC(C)(C)c1nnc([Si](C)(C)C)o1. The summed E-state index contributed by atoms with van der Waals surface area (Å²) >= 11 is 0. The molecule has 0 N–H and O–H groups in total. The highest BCUT2D eigenvalue weighted by molar-refractivity contribution is 6.87. The van der Waals surface area contributed by atoms with Crippen LogP contribution in [0.15, 0.2) is 4.42 Å². The summed E-state index contributed by atoms with van der Waals surface area (Å²) in [4.78, 5) is 0. The zero-order chi connectivity index (χ0) is 10.3. The fourth-order valence-electron chi connectivity index (χ4n) is 0.829. The van der Waals surface area contributed by atoms with E-state index in [1.807, 2.05) is 0 Å². The lowest BCUT2D eigenvalue weighted by molar-refractivity contribution is 0.404. The molecule has 0 fully saturated rings. The molecule has 4 heteroatoms. The Morgan fingerprint density at radius 2 is 1.62 bits per heavy atom. The zero-order valence-electron chi connectivity index (χ0n) is 9.30. The molecule has 1 rings (SSSR count). The molecule has 13 heavy (non-hydrogen) atoms. The molecule has 0 saturated carbocycles. The van der Waals surface area contributed by atoms with Gasteiger partial charge >= 0.3 is 0 Å². The van der Waals surface area contributed by atoms with Crippen molar-refractivity contribution in [3.05, 3.63) is 5.89 Å². The van der Waals surface area contributed by atoms with Gasteiger partial charge in [0, 0.05) is 5.41 Å². The summed E-state index contributed by atoms with van der Waals surface area (Å²) in [5.41, 5.74) is 0.808. The Kier molecular flexibility index (Phi) is 2.36. The predicted octanol–water partition coefficient (Wildman–Crippen LogP) is 1.91. The van der Waals surface area contributed by atoms with Crippen molar-refractivity contribution in [2.75, 3.05) is 0 Å². The van der Waals surface area contributed by atoms with Gasteiger partial charge in [-0.1, -0.05) is 40.4 Å². The molecule has 1 aromatic rings. The second-order valence-corrected chi connectivity index (χ2v) is 10.3. The quantitative estimate of drug-likeness (QED) is 0.647. The molecule has 0 unspecified atom stereocenters. The van der Waals surface area contributed by atoms with E-state index in [4.69, 9.17) is 4.42 Å². The van der Waals surface area contributed by atoms with Gasteiger partial charge in [0.2, 0.25) is 5.89 Å². The molecule has 0 aliphatic rings. The van der Waals surface area contributed by atoms with Gasteiger partial charge < -0.3 is 4.42 Å². The molecule has 0 aliphatic heterocycles. The van der Waals surface area contributed by atoms with Crippen LogP contribution in [0.2, 0.25) is 19.6 Å². The molecule has 3 nitrogen and oxygen atoms in total. The third-order valence-corrected chi connectivity index (χ3v) is 3.19. The lowest BCUT2D eigenvalue weighted by Gasteiger charge is -2.13. The summed E-state index contributed by atoms with van der Waals surface area (Å²) in [7, 11) is -1.43. The second-order valence-electron chi connectivity index (χ2n) is 5.41. The zero-order valence-corrected chi connectivity index (χ0v) is 10.3. The minimum absolute atomic E-state index is 0.0368. The molecule has 0 radical (unpaired) electrons. The van der Waals surface area contributed by atoms with Crippen LogP contribution in [0.5, 0.6) is 0 Å². The molecule has 74 valence electrons. The Morgan fingerprint density at radius 3 is 1.85 bits per heavy atom. The van der Waals surface area contributed by atoms with Gasteiger partial charge in [0.25, 0.3) is 0 Å². The molecule has 0 aliphatic carbocycles. The number of hydrogen-bond acceptors (Lipinski definition) is 3. The van der Waals surface area contributed by atoms with Gasteiger partial charge in [-0.05, 0) is 0 Å². The van der Waals surface area contributed by atoms with Crippen molar-refractivity contribution in [2.45, 2.75) is 45.8 Å². The van der Waals surface area contributed by atoms with Crippen LogP contribution in [-0.4, -0.2) is 18.3 Å². The number of hydrogen-bond donors (Lipinski definition) is 0. The molecule has 0 atom stereocenters. The highest BCUT2D eigenvalue weighted by Gasteiger charge is 2.28. The first-order valence-electron chi connectivity index (χ1n) is 4.56. The van der Waals surface area contributed by atoms with Crippen molar-refractivity contribution in [3.8, 4) is 0 Å². The first kappa shape index (κ1) is 10.4. The van der Waals surface area contributed by atoms with E-state index in [-0.39, 0.29) is 5.41 Å². The number of rotatable bonds is 1. The normalized spacial score (nSPS) is 13.4. The van der Waals surface area contributed by atoms with Crippen LogP contribution in [0.1, 0.15) is 26.7 Å². The summed E-state index contributed by atoms with van der Waals surface area (Å²) in [5, 5.41) is 8.17. The van der Waals surface area contributed by atoms with Crippen LogP contribution in [-0.2, 0) is 5.41 Å². The fraction of sp³-hybridized carbons (Fsp3) is 0.778. The van der Waals surface area contributed by atoms with E-state index < -0.39 is 8.07 Å². The topological polar surface area (TPSA) is 38.9 Å². The molecular formula is C9H18N2OSi. The van der Waals surface area contributed by atoms with Crippen LogP contribution in [0.4, 0.5) is 0 Å². The summed E-state index contributed by atoms with van der Waals surface area (Å²) < 4.78 is 5.65. The number of aromatic nitrogens is 2. The van der Waals surface area contributed by atoms with Gasteiger partial charge in [0.1, 0.15) is 0 Å². The Labute approximate surface area is 80.6 Å². The third-order valence-electron chi connectivity index (χ3n) is 1.71. The van der Waals surface area contributed by atoms with Crippen LogP contribution < -0.4 is 5.51 Å². The van der Waals surface area contributed by atoms with Gasteiger partial charge in [-0.15, -0.1) is 10.2 Å². The minimum Gasteiger partial charge on any atom is -0.430 e. The summed E-state index contributed by atoms with van der Waals surface area (Å²) in [5.74, 6) is 0.741. The van der Waals surface area contributed by atoms with Gasteiger partial charge in [-0.3, -0.25) is 0 Å². The number of nitrogens with zero attached hydrogens (tertiary/aromatic N) is 2. The lowest BCUT2D eigenvalue weighted by atomic mass is 9.97. The van der Waals surface area contributed by atoms with Crippen molar-refractivity contribution < 1.29 is 4.42 Å². The average Bonchev–Trinajstić information content (AvgIpc) is 2.28. The Hall–Kier alpha value is -0.643. The van der Waals surface area contributed by atoms with E-state index in [1.54, 1.807) is 0 Å². The molecule has 1 heterocycles.